The van der Waals surface area contributed by atoms with Gasteiger partial charge in [0.15, 0.2) is 5.78 Å². The molecule has 27 heavy (non-hydrogen) atoms. The molecule has 6 heteroatoms. The molecule has 0 spiro atoms. The van der Waals surface area contributed by atoms with Gasteiger partial charge in [0.1, 0.15) is 0 Å². The highest BCUT2D eigenvalue weighted by molar-refractivity contribution is 6.09. The summed E-state index contributed by atoms with van der Waals surface area (Å²) in [5.41, 5.74) is 4.86. The summed E-state index contributed by atoms with van der Waals surface area (Å²) in [7, 11) is 1.60. The van der Waals surface area contributed by atoms with Crippen molar-refractivity contribution < 1.29 is 9.59 Å². The fraction of sp³-hybridized carbons (Fsp3) is 0.190. The summed E-state index contributed by atoms with van der Waals surface area (Å²) in [6.45, 7) is 0. The van der Waals surface area contributed by atoms with Crippen LogP contribution in [0.5, 0.6) is 0 Å². The minimum atomic E-state index is -0.344. The molecule has 2 heterocycles. The minimum absolute atomic E-state index is 0.0279. The zero-order valence-corrected chi connectivity index (χ0v) is 15.0. The van der Waals surface area contributed by atoms with Gasteiger partial charge in [0.25, 0.3) is 0 Å². The Balaban J connectivity index is 1.82. The van der Waals surface area contributed by atoms with Crippen molar-refractivity contribution in [3.63, 3.8) is 0 Å². The second kappa shape index (κ2) is 7.07. The highest BCUT2D eigenvalue weighted by Crippen LogP contribution is 2.39. The SMILES string of the molecule is CNC(=O)C1CC(=O)c2c([nH]c(-c3ccncc3)c2Nc2ccccc2)C1. The van der Waals surface area contributed by atoms with Gasteiger partial charge in [-0.2, -0.15) is 0 Å². The molecular formula is C21H20N4O2. The van der Waals surface area contributed by atoms with Crippen molar-refractivity contribution in [1.82, 2.24) is 15.3 Å². The first kappa shape index (κ1) is 17.0. The number of carbonyl (C=O) groups is 2. The van der Waals surface area contributed by atoms with Crippen molar-refractivity contribution in [2.45, 2.75) is 12.8 Å². The fourth-order valence-corrected chi connectivity index (χ4v) is 3.57. The Kier molecular flexibility index (Phi) is 4.46. The lowest BCUT2D eigenvalue weighted by Gasteiger charge is -2.20. The average Bonchev–Trinajstić information content (AvgIpc) is 3.07. The number of aromatic amines is 1. The smallest absolute Gasteiger partial charge is 0.223 e. The molecule has 0 bridgehead atoms. The molecule has 1 aromatic carbocycles. The Morgan fingerprint density at radius 2 is 1.85 bits per heavy atom. The van der Waals surface area contributed by atoms with Crippen LogP contribution in [0.2, 0.25) is 0 Å². The zero-order chi connectivity index (χ0) is 18.8. The number of ketones is 1. The largest absolute Gasteiger partial charge is 0.359 e. The van der Waals surface area contributed by atoms with Crippen LogP contribution in [0, 0.1) is 5.92 Å². The molecular weight excluding hydrogens is 340 g/mol. The molecule has 0 saturated carbocycles. The number of nitrogens with one attached hydrogen (secondary N) is 3. The number of amides is 1. The molecule has 2 aromatic heterocycles. The lowest BCUT2D eigenvalue weighted by molar-refractivity contribution is -0.124. The van der Waals surface area contributed by atoms with Gasteiger partial charge in [-0.3, -0.25) is 14.6 Å². The number of Topliss-reactive ketones (excluding diaryl/α,β-unsaturated/α-hetero) is 1. The topological polar surface area (TPSA) is 86.9 Å². The fourth-order valence-electron chi connectivity index (χ4n) is 3.57. The van der Waals surface area contributed by atoms with Gasteiger partial charge in [0, 0.05) is 49.2 Å². The molecule has 0 fully saturated rings. The molecule has 4 rings (SSSR count). The molecule has 3 aromatic rings. The zero-order valence-electron chi connectivity index (χ0n) is 15.0. The lowest BCUT2D eigenvalue weighted by Crippen LogP contribution is -2.33. The van der Waals surface area contributed by atoms with Crippen LogP contribution >= 0.6 is 0 Å². The summed E-state index contributed by atoms with van der Waals surface area (Å²) < 4.78 is 0. The summed E-state index contributed by atoms with van der Waals surface area (Å²) >= 11 is 0. The number of aromatic nitrogens is 2. The van der Waals surface area contributed by atoms with E-state index < -0.39 is 0 Å². The maximum absolute atomic E-state index is 12.9. The van der Waals surface area contributed by atoms with E-state index in [1.807, 2.05) is 42.5 Å². The Bertz CT molecular complexity index is 980. The van der Waals surface area contributed by atoms with Crippen LogP contribution in [0.3, 0.4) is 0 Å². The van der Waals surface area contributed by atoms with E-state index in [-0.39, 0.29) is 24.0 Å². The summed E-state index contributed by atoms with van der Waals surface area (Å²) in [6, 6.07) is 13.5. The third-order valence-corrected chi connectivity index (χ3v) is 4.87. The third kappa shape index (κ3) is 3.21. The number of pyridine rings is 1. The van der Waals surface area contributed by atoms with Crippen molar-refractivity contribution in [1.29, 1.82) is 0 Å². The van der Waals surface area contributed by atoms with E-state index in [1.165, 1.54) is 0 Å². The summed E-state index contributed by atoms with van der Waals surface area (Å²) in [6.07, 6.45) is 4.16. The standard InChI is InChI=1S/C21H20N4O2/c1-22-21(27)14-11-16-18(17(26)12-14)20(24-15-5-3-2-4-6-15)19(25-16)13-7-9-23-10-8-13/h2-10,14,24-25H,11-12H2,1H3,(H,22,27). The number of carbonyl (C=O) groups excluding carboxylic acids is 2. The second-order valence-corrected chi connectivity index (χ2v) is 6.60. The molecule has 0 radical (unpaired) electrons. The van der Waals surface area contributed by atoms with Crippen LogP contribution < -0.4 is 10.6 Å². The van der Waals surface area contributed by atoms with E-state index in [4.69, 9.17) is 0 Å². The number of nitrogens with zero attached hydrogens (tertiary/aromatic N) is 1. The van der Waals surface area contributed by atoms with Crippen LogP contribution in [0.1, 0.15) is 22.5 Å². The normalized spacial score (nSPS) is 15.9. The van der Waals surface area contributed by atoms with Crippen LogP contribution in [0.15, 0.2) is 54.9 Å². The summed E-state index contributed by atoms with van der Waals surface area (Å²) in [5.74, 6) is -0.477. The lowest BCUT2D eigenvalue weighted by atomic mass is 9.85. The van der Waals surface area contributed by atoms with Crippen molar-refractivity contribution in [3.8, 4) is 11.3 Å². The minimum Gasteiger partial charge on any atom is -0.359 e. The van der Waals surface area contributed by atoms with E-state index in [1.54, 1.807) is 19.4 Å². The van der Waals surface area contributed by atoms with Crippen molar-refractivity contribution in [2.75, 3.05) is 12.4 Å². The number of anilines is 2. The number of para-hydroxylation sites is 1. The molecule has 136 valence electrons. The van der Waals surface area contributed by atoms with Crippen molar-refractivity contribution >= 4 is 23.1 Å². The molecule has 0 saturated heterocycles. The van der Waals surface area contributed by atoms with Crippen molar-refractivity contribution in [3.05, 3.63) is 66.1 Å². The Morgan fingerprint density at radius 1 is 1.11 bits per heavy atom. The van der Waals surface area contributed by atoms with Crippen LogP contribution in [0.4, 0.5) is 11.4 Å². The number of benzene rings is 1. The third-order valence-electron chi connectivity index (χ3n) is 4.87. The van der Waals surface area contributed by atoms with Gasteiger partial charge in [-0.1, -0.05) is 18.2 Å². The van der Waals surface area contributed by atoms with Gasteiger partial charge in [0.2, 0.25) is 5.91 Å². The Labute approximate surface area is 157 Å². The van der Waals surface area contributed by atoms with Gasteiger partial charge >= 0.3 is 0 Å². The maximum atomic E-state index is 12.9. The van der Waals surface area contributed by atoms with Crippen LogP contribution in [0.25, 0.3) is 11.3 Å². The van der Waals surface area contributed by atoms with E-state index in [9.17, 15) is 9.59 Å². The number of rotatable bonds is 4. The first-order valence-corrected chi connectivity index (χ1v) is 8.89. The van der Waals surface area contributed by atoms with E-state index >= 15 is 0 Å². The highest BCUT2D eigenvalue weighted by Gasteiger charge is 2.34. The van der Waals surface area contributed by atoms with Gasteiger partial charge in [0.05, 0.1) is 22.9 Å². The van der Waals surface area contributed by atoms with Gasteiger partial charge in [-0.15, -0.1) is 0 Å². The monoisotopic (exact) mass is 360 g/mol. The highest BCUT2D eigenvalue weighted by atomic mass is 16.2. The van der Waals surface area contributed by atoms with Crippen molar-refractivity contribution in [2.24, 2.45) is 5.92 Å². The van der Waals surface area contributed by atoms with Crippen LogP contribution in [-0.2, 0) is 11.2 Å². The predicted molar refractivity (Wildman–Crippen MR) is 104 cm³/mol. The Hall–Kier alpha value is -3.41. The molecule has 0 aliphatic heterocycles. The first-order chi connectivity index (χ1) is 13.2. The number of fused-ring (bicyclic) bond motifs is 1. The number of hydrogen-bond donors (Lipinski definition) is 3. The van der Waals surface area contributed by atoms with Gasteiger partial charge in [-0.05, 0) is 24.3 Å². The molecule has 1 aliphatic carbocycles. The molecule has 1 unspecified atom stereocenters. The predicted octanol–water partition coefficient (Wildman–Crippen LogP) is 3.31. The molecule has 1 aliphatic rings. The number of H-pyrrole nitrogens is 1. The number of hydrogen-bond acceptors (Lipinski definition) is 4. The summed E-state index contributed by atoms with van der Waals surface area (Å²) in [5, 5.41) is 6.04. The second-order valence-electron chi connectivity index (χ2n) is 6.60. The molecule has 1 atom stereocenters. The molecule has 3 N–H and O–H groups in total. The van der Waals surface area contributed by atoms with Gasteiger partial charge in [-0.25, -0.2) is 0 Å². The van der Waals surface area contributed by atoms with E-state index in [0.717, 1.165) is 28.3 Å². The Morgan fingerprint density at radius 3 is 2.56 bits per heavy atom. The summed E-state index contributed by atoms with van der Waals surface area (Å²) in [4.78, 5) is 32.5. The molecule has 1 amide bonds. The van der Waals surface area contributed by atoms with Gasteiger partial charge < -0.3 is 15.6 Å². The van der Waals surface area contributed by atoms with Crippen LogP contribution in [-0.4, -0.2) is 28.7 Å². The quantitative estimate of drug-likeness (QED) is 0.666. The van der Waals surface area contributed by atoms with E-state index in [0.29, 0.717) is 12.0 Å². The van der Waals surface area contributed by atoms with E-state index in [2.05, 4.69) is 20.6 Å². The first-order valence-electron chi connectivity index (χ1n) is 8.89. The molecule has 6 nitrogen and oxygen atoms in total. The maximum Gasteiger partial charge on any atom is 0.223 e. The average molecular weight is 360 g/mol.